The van der Waals surface area contributed by atoms with Crippen molar-refractivity contribution in [2.45, 2.75) is 38.7 Å². The van der Waals surface area contributed by atoms with Gasteiger partial charge in [0.1, 0.15) is 23.2 Å². The molecule has 2 N–H and O–H groups in total. The minimum Gasteiger partial charge on any atom is -0.488 e. The third-order valence-corrected chi connectivity index (χ3v) is 4.02. The Morgan fingerprint density at radius 2 is 2.00 bits per heavy atom. The predicted molar refractivity (Wildman–Crippen MR) is 78.2 cm³/mol. The van der Waals surface area contributed by atoms with Gasteiger partial charge >= 0.3 is 0 Å². The number of para-hydroxylation sites is 1. The number of benzene rings is 1. The minimum absolute atomic E-state index is 0.308. The molecule has 3 nitrogen and oxygen atoms in total. The second-order valence-electron chi connectivity index (χ2n) is 5.48. The molecule has 1 heterocycles. The van der Waals surface area contributed by atoms with E-state index in [1.165, 1.54) is 19.3 Å². The fraction of sp³-hybridized carbons (Fsp3) is 0.438. The number of nitrogens with two attached hydrogens (primary N) is 1. The van der Waals surface area contributed by atoms with Crippen molar-refractivity contribution in [3.63, 3.8) is 0 Å². The Hall–Kier alpha value is -1.77. The van der Waals surface area contributed by atoms with Gasteiger partial charge in [0.05, 0.1) is 0 Å². The van der Waals surface area contributed by atoms with Crippen LogP contribution < -0.4 is 10.5 Å². The van der Waals surface area contributed by atoms with Crippen LogP contribution in [0.1, 0.15) is 32.6 Å². The fourth-order valence-electron chi connectivity index (χ4n) is 2.85. The molecule has 0 radical (unpaired) electrons. The summed E-state index contributed by atoms with van der Waals surface area (Å²) < 4.78 is 6.22. The summed E-state index contributed by atoms with van der Waals surface area (Å²) in [6, 6.07) is 9.88. The lowest BCUT2D eigenvalue weighted by atomic mass is 9.88. The highest BCUT2D eigenvalue weighted by Crippen LogP contribution is 2.31. The third-order valence-electron chi connectivity index (χ3n) is 4.02. The average Bonchev–Trinajstić information content (AvgIpc) is 2.42. The predicted octanol–water partition coefficient (Wildman–Crippen LogP) is 3.77. The van der Waals surface area contributed by atoms with E-state index in [1.807, 2.05) is 30.3 Å². The molecule has 3 heteroatoms. The van der Waals surface area contributed by atoms with E-state index in [0.717, 1.165) is 23.1 Å². The lowest BCUT2D eigenvalue weighted by molar-refractivity contribution is 0.104. The van der Waals surface area contributed by atoms with Crippen molar-refractivity contribution in [3.8, 4) is 5.75 Å². The first-order valence-electron chi connectivity index (χ1n) is 7.06. The maximum Gasteiger partial charge on any atom is 0.146 e. The molecular formula is C16H20N2O. The highest BCUT2D eigenvalue weighted by Gasteiger charge is 2.23. The Morgan fingerprint density at radius 1 is 1.16 bits per heavy atom. The van der Waals surface area contributed by atoms with E-state index in [9.17, 15) is 0 Å². The second kappa shape index (κ2) is 5.08. The number of nitrogen functional groups attached to an aromatic ring is 1. The standard InChI is InChI=1S/C16H20N2O/c1-11-5-2-3-7-13(11)19-14-8-4-6-12-9-10-15(17)18-16(12)14/h4,6,8-11,13H,2-3,5,7H2,1H3,(H2,17,18). The van der Waals surface area contributed by atoms with E-state index in [2.05, 4.69) is 11.9 Å². The largest absolute Gasteiger partial charge is 0.488 e. The van der Waals surface area contributed by atoms with Crippen molar-refractivity contribution in [2.75, 3.05) is 5.73 Å². The van der Waals surface area contributed by atoms with Crippen molar-refractivity contribution in [1.82, 2.24) is 4.98 Å². The van der Waals surface area contributed by atoms with Gasteiger partial charge in [0, 0.05) is 5.39 Å². The molecule has 1 aromatic carbocycles. The first-order chi connectivity index (χ1) is 9.24. The zero-order chi connectivity index (χ0) is 13.2. The maximum atomic E-state index is 6.22. The maximum absolute atomic E-state index is 6.22. The highest BCUT2D eigenvalue weighted by molar-refractivity contribution is 5.85. The number of hydrogen-bond acceptors (Lipinski definition) is 3. The monoisotopic (exact) mass is 256 g/mol. The van der Waals surface area contributed by atoms with E-state index in [4.69, 9.17) is 10.5 Å². The molecular weight excluding hydrogens is 236 g/mol. The first kappa shape index (κ1) is 12.3. The first-order valence-corrected chi connectivity index (χ1v) is 7.06. The number of rotatable bonds is 2. The number of fused-ring (bicyclic) bond motifs is 1. The highest BCUT2D eigenvalue weighted by atomic mass is 16.5. The molecule has 0 spiro atoms. The number of ether oxygens (including phenoxy) is 1. The van der Waals surface area contributed by atoms with Crippen LogP contribution in [-0.4, -0.2) is 11.1 Å². The Bertz CT molecular complexity index is 582. The molecule has 0 bridgehead atoms. The topological polar surface area (TPSA) is 48.1 Å². The summed E-state index contributed by atoms with van der Waals surface area (Å²) in [7, 11) is 0. The quantitative estimate of drug-likeness (QED) is 0.889. The molecule has 100 valence electrons. The Kier molecular flexibility index (Phi) is 3.28. The summed E-state index contributed by atoms with van der Waals surface area (Å²) >= 11 is 0. The van der Waals surface area contributed by atoms with Crippen LogP contribution >= 0.6 is 0 Å². The summed E-state index contributed by atoms with van der Waals surface area (Å²) in [5.41, 5.74) is 6.66. The Balaban J connectivity index is 1.93. The van der Waals surface area contributed by atoms with Gasteiger partial charge in [-0.15, -0.1) is 0 Å². The molecule has 1 aromatic heterocycles. The van der Waals surface area contributed by atoms with Gasteiger partial charge in [0.2, 0.25) is 0 Å². The van der Waals surface area contributed by atoms with Crippen molar-refractivity contribution in [3.05, 3.63) is 30.3 Å². The van der Waals surface area contributed by atoms with Crippen LogP contribution in [0.15, 0.2) is 30.3 Å². The number of anilines is 1. The second-order valence-corrected chi connectivity index (χ2v) is 5.48. The van der Waals surface area contributed by atoms with Crippen LogP contribution in [0, 0.1) is 5.92 Å². The van der Waals surface area contributed by atoms with E-state index >= 15 is 0 Å². The van der Waals surface area contributed by atoms with E-state index in [0.29, 0.717) is 17.8 Å². The zero-order valence-corrected chi connectivity index (χ0v) is 11.3. The van der Waals surface area contributed by atoms with Gasteiger partial charge in [-0.1, -0.05) is 25.5 Å². The molecule has 2 atom stereocenters. The molecule has 1 aliphatic rings. The number of pyridine rings is 1. The lowest BCUT2D eigenvalue weighted by Crippen LogP contribution is -2.28. The van der Waals surface area contributed by atoms with E-state index < -0.39 is 0 Å². The van der Waals surface area contributed by atoms with E-state index in [1.54, 1.807) is 0 Å². The van der Waals surface area contributed by atoms with Gasteiger partial charge in [-0.25, -0.2) is 4.98 Å². The molecule has 2 aromatic rings. The van der Waals surface area contributed by atoms with Crippen LogP contribution in [0.4, 0.5) is 5.82 Å². The smallest absolute Gasteiger partial charge is 0.146 e. The van der Waals surface area contributed by atoms with Crippen LogP contribution in [0.3, 0.4) is 0 Å². The lowest BCUT2D eigenvalue weighted by Gasteiger charge is -2.29. The number of hydrogen-bond donors (Lipinski definition) is 1. The molecule has 1 fully saturated rings. The van der Waals surface area contributed by atoms with Crippen molar-refractivity contribution in [1.29, 1.82) is 0 Å². The Labute approximate surface area is 113 Å². The van der Waals surface area contributed by atoms with E-state index in [-0.39, 0.29) is 0 Å². The molecule has 1 saturated carbocycles. The van der Waals surface area contributed by atoms with Crippen molar-refractivity contribution < 1.29 is 4.74 Å². The minimum atomic E-state index is 0.308. The number of aromatic nitrogens is 1. The van der Waals surface area contributed by atoms with Crippen LogP contribution in [0.2, 0.25) is 0 Å². The van der Waals surface area contributed by atoms with Crippen LogP contribution in [0.25, 0.3) is 10.9 Å². The molecule has 3 rings (SSSR count). The molecule has 2 unspecified atom stereocenters. The van der Waals surface area contributed by atoms with Gasteiger partial charge in [-0.2, -0.15) is 0 Å². The Morgan fingerprint density at radius 3 is 2.84 bits per heavy atom. The summed E-state index contributed by atoms with van der Waals surface area (Å²) in [5, 5.41) is 1.08. The molecule has 19 heavy (non-hydrogen) atoms. The summed E-state index contributed by atoms with van der Waals surface area (Å²) in [5.74, 6) is 2.02. The summed E-state index contributed by atoms with van der Waals surface area (Å²) in [4.78, 5) is 4.42. The van der Waals surface area contributed by atoms with Crippen LogP contribution in [-0.2, 0) is 0 Å². The molecule has 1 aliphatic carbocycles. The third kappa shape index (κ3) is 2.50. The van der Waals surface area contributed by atoms with Crippen molar-refractivity contribution in [2.24, 2.45) is 5.92 Å². The van der Waals surface area contributed by atoms with Crippen LogP contribution in [0.5, 0.6) is 5.75 Å². The molecule has 0 saturated heterocycles. The number of nitrogens with zero attached hydrogens (tertiary/aromatic N) is 1. The van der Waals surface area contributed by atoms with Crippen molar-refractivity contribution >= 4 is 16.7 Å². The average molecular weight is 256 g/mol. The fourth-order valence-corrected chi connectivity index (χ4v) is 2.85. The van der Waals surface area contributed by atoms with Gasteiger partial charge < -0.3 is 10.5 Å². The van der Waals surface area contributed by atoms with Gasteiger partial charge in [0.15, 0.2) is 0 Å². The zero-order valence-electron chi connectivity index (χ0n) is 11.3. The van der Waals surface area contributed by atoms with Gasteiger partial charge in [-0.3, -0.25) is 0 Å². The molecule has 0 amide bonds. The SMILES string of the molecule is CC1CCCCC1Oc1cccc2ccc(N)nc12. The summed E-state index contributed by atoms with van der Waals surface area (Å²) in [6.45, 7) is 2.27. The molecule has 0 aliphatic heterocycles. The summed E-state index contributed by atoms with van der Waals surface area (Å²) in [6.07, 6.45) is 5.28. The van der Waals surface area contributed by atoms with Gasteiger partial charge in [0.25, 0.3) is 0 Å². The van der Waals surface area contributed by atoms with Gasteiger partial charge in [-0.05, 0) is 43.4 Å². The normalized spacial score (nSPS) is 23.4.